The lowest BCUT2D eigenvalue weighted by Gasteiger charge is -2.46. The number of ether oxygens (including phenoxy) is 2. The third-order valence-electron chi connectivity index (χ3n) is 11.8. The van der Waals surface area contributed by atoms with E-state index in [9.17, 15) is 35.4 Å². The molecule has 1 aliphatic heterocycles. The lowest BCUT2D eigenvalue weighted by molar-refractivity contribution is -0.340. The molecule has 56 heavy (non-hydrogen) atoms. The fraction of sp³-hybridized carbons (Fsp3) is 0.978. The van der Waals surface area contributed by atoms with Crippen molar-refractivity contribution in [2.45, 2.75) is 263 Å². The predicted molar refractivity (Wildman–Crippen MR) is 226 cm³/mol. The third-order valence-corrected chi connectivity index (χ3v) is 11.8. The van der Waals surface area contributed by atoms with E-state index in [1.54, 1.807) is 0 Å². The molecule has 0 aromatic heterocycles. The van der Waals surface area contributed by atoms with Gasteiger partial charge >= 0.3 is 0 Å². The summed E-state index contributed by atoms with van der Waals surface area (Å²) < 4.78 is 11.9. The molecule has 0 aromatic carbocycles. The average molecular weight is 803 g/mol. The lowest BCUT2D eigenvalue weighted by Crippen LogP contribution is -2.67. The van der Waals surface area contributed by atoms with E-state index in [-0.39, 0.29) is 12.3 Å². The predicted octanol–water partition coefficient (Wildman–Crippen LogP) is 7.64. The number of aliphatic hydroxyl groups excluding tert-OH is 6. The SMILES string of the molecule is CCCCCCCCCCCCCC[C@@H](O)[C@H](O)[C@@](C)(NC(=O)C(CCCCCCCCC)N(CCCCC)CCCCC)O[C@@H]1OC(CO)[C@H](O)[C@H](O)[C@H]1O. The number of rotatable bonds is 37. The van der Waals surface area contributed by atoms with Gasteiger partial charge in [0.1, 0.15) is 30.5 Å². The Morgan fingerprint density at radius 3 is 1.48 bits per heavy atom. The standard InChI is InChI=1S/C45H90N2O9/c1-6-10-14-16-18-19-20-21-22-24-26-28-32-37(49)42(53)45(5,56-44-41(52)40(51)39(50)38(35-48)55-44)46-43(54)36(31-27-25-23-17-15-11-7-2)47(33-29-12-8-3)34-30-13-9-4/h36-42,44,48-53H,6-35H2,1-5H3,(H,46,54)/t36?,37-,38?,39+,40+,41-,42+,44+,45+/m1/s1. The van der Waals surface area contributed by atoms with E-state index in [0.717, 1.165) is 90.1 Å². The molecule has 334 valence electrons. The maximum atomic E-state index is 14.6. The molecule has 0 aliphatic carbocycles. The maximum Gasteiger partial charge on any atom is 0.239 e. The Bertz CT molecular complexity index is 920. The van der Waals surface area contributed by atoms with Crippen LogP contribution >= 0.6 is 0 Å². The van der Waals surface area contributed by atoms with Gasteiger partial charge < -0.3 is 45.4 Å². The number of nitrogens with zero attached hydrogens (tertiary/aromatic N) is 1. The Morgan fingerprint density at radius 2 is 1.04 bits per heavy atom. The second-order valence-corrected chi connectivity index (χ2v) is 17.0. The van der Waals surface area contributed by atoms with Crippen LogP contribution in [0.1, 0.15) is 208 Å². The number of carbonyl (C=O) groups excluding carboxylic acids is 1. The van der Waals surface area contributed by atoms with Crippen LogP contribution in [0, 0.1) is 0 Å². The van der Waals surface area contributed by atoms with E-state index < -0.39 is 61.3 Å². The van der Waals surface area contributed by atoms with Gasteiger partial charge in [-0.1, -0.05) is 175 Å². The van der Waals surface area contributed by atoms with Crippen molar-refractivity contribution >= 4 is 5.91 Å². The third kappa shape index (κ3) is 21.4. The van der Waals surface area contributed by atoms with Crippen molar-refractivity contribution in [3.8, 4) is 0 Å². The molecule has 1 rings (SSSR count). The number of aliphatic hydroxyl groups is 6. The molecule has 0 spiro atoms. The molecule has 0 aromatic rings. The number of nitrogens with one attached hydrogen (secondary N) is 1. The van der Waals surface area contributed by atoms with Crippen molar-refractivity contribution in [2.75, 3.05) is 19.7 Å². The molecule has 1 fully saturated rings. The highest BCUT2D eigenvalue weighted by Gasteiger charge is 2.50. The first-order chi connectivity index (χ1) is 27.0. The Morgan fingerprint density at radius 1 is 0.625 bits per heavy atom. The molecule has 1 heterocycles. The molecule has 7 N–H and O–H groups in total. The molecule has 2 unspecified atom stereocenters. The van der Waals surface area contributed by atoms with Gasteiger partial charge in [-0.05, 0) is 45.7 Å². The lowest BCUT2D eigenvalue weighted by atomic mass is 9.95. The van der Waals surface area contributed by atoms with Crippen LogP contribution in [0.2, 0.25) is 0 Å². The number of unbranched alkanes of at least 4 members (excludes halogenated alkanes) is 21. The van der Waals surface area contributed by atoms with Crippen LogP contribution < -0.4 is 5.32 Å². The molecule has 0 radical (unpaired) electrons. The summed E-state index contributed by atoms with van der Waals surface area (Å²) in [6, 6.07) is -0.502. The summed E-state index contributed by atoms with van der Waals surface area (Å²) >= 11 is 0. The minimum Gasteiger partial charge on any atom is -0.394 e. The summed E-state index contributed by atoms with van der Waals surface area (Å²) in [4.78, 5) is 16.8. The summed E-state index contributed by atoms with van der Waals surface area (Å²) in [5, 5.41) is 67.9. The Hall–Kier alpha value is -0.890. The highest BCUT2D eigenvalue weighted by atomic mass is 16.7. The van der Waals surface area contributed by atoms with Crippen molar-refractivity contribution in [1.29, 1.82) is 0 Å². The van der Waals surface area contributed by atoms with Crippen molar-refractivity contribution in [1.82, 2.24) is 10.2 Å². The Kier molecular flexibility index (Phi) is 31.2. The molecule has 1 aliphatic rings. The van der Waals surface area contributed by atoms with Crippen LogP contribution in [0.5, 0.6) is 0 Å². The summed E-state index contributed by atoms with van der Waals surface area (Å²) in [5.41, 5.74) is -1.95. The van der Waals surface area contributed by atoms with Gasteiger partial charge in [-0.2, -0.15) is 0 Å². The summed E-state index contributed by atoms with van der Waals surface area (Å²) in [6.07, 6.45) is 18.1. The molecule has 1 saturated heterocycles. The second-order valence-electron chi connectivity index (χ2n) is 17.0. The van der Waals surface area contributed by atoms with Gasteiger partial charge in [0.25, 0.3) is 0 Å². The maximum absolute atomic E-state index is 14.6. The molecular weight excluding hydrogens is 713 g/mol. The fourth-order valence-corrected chi connectivity index (χ4v) is 7.95. The zero-order valence-corrected chi connectivity index (χ0v) is 36.7. The largest absolute Gasteiger partial charge is 0.394 e. The Labute approximate surface area is 342 Å². The van der Waals surface area contributed by atoms with Gasteiger partial charge in [0, 0.05) is 0 Å². The first kappa shape index (κ1) is 53.1. The van der Waals surface area contributed by atoms with Gasteiger partial charge in [0.15, 0.2) is 12.0 Å². The Balaban J connectivity index is 3.17. The topological polar surface area (TPSA) is 172 Å². The zero-order valence-electron chi connectivity index (χ0n) is 36.7. The van der Waals surface area contributed by atoms with Crippen LogP contribution in [0.3, 0.4) is 0 Å². The van der Waals surface area contributed by atoms with Crippen LogP contribution in [0.4, 0.5) is 0 Å². The van der Waals surface area contributed by atoms with E-state index >= 15 is 0 Å². The van der Waals surface area contributed by atoms with E-state index in [2.05, 4.69) is 37.9 Å². The van der Waals surface area contributed by atoms with Gasteiger partial charge in [-0.25, -0.2) is 0 Å². The zero-order chi connectivity index (χ0) is 41.6. The van der Waals surface area contributed by atoms with Crippen molar-refractivity contribution in [2.24, 2.45) is 0 Å². The van der Waals surface area contributed by atoms with Crippen LogP contribution in [0.15, 0.2) is 0 Å². The number of carbonyl (C=O) groups is 1. The molecule has 9 atom stereocenters. The molecule has 11 nitrogen and oxygen atoms in total. The van der Waals surface area contributed by atoms with E-state index in [1.165, 1.54) is 84.0 Å². The fourth-order valence-electron chi connectivity index (χ4n) is 7.95. The van der Waals surface area contributed by atoms with Crippen molar-refractivity contribution in [3.05, 3.63) is 0 Å². The average Bonchev–Trinajstić information content (AvgIpc) is 3.18. The normalized spacial score (nSPS) is 22.9. The number of hydrogen-bond donors (Lipinski definition) is 7. The first-order valence-electron chi connectivity index (χ1n) is 23.4. The monoisotopic (exact) mass is 803 g/mol. The van der Waals surface area contributed by atoms with Crippen molar-refractivity contribution in [3.63, 3.8) is 0 Å². The van der Waals surface area contributed by atoms with Gasteiger partial charge in [0.05, 0.1) is 18.8 Å². The van der Waals surface area contributed by atoms with Crippen LogP contribution in [-0.4, -0.2) is 116 Å². The van der Waals surface area contributed by atoms with Gasteiger partial charge in [-0.3, -0.25) is 9.69 Å². The summed E-state index contributed by atoms with van der Waals surface area (Å²) in [6.45, 7) is 11.1. The highest BCUT2D eigenvalue weighted by Crippen LogP contribution is 2.29. The quantitative estimate of drug-likeness (QED) is 0.0245. The van der Waals surface area contributed by atoms with Gasteiger partial charge in [0.2, 0.25) is 5.91 Å². The number of hydrogen-bond acceptors (Lipinski definition) is 10. The second kappa shape index (κ2) is 32.9. The van der Waals surface area contributed by atoms with Crippen LogP contribution in [0.25, 0.3) is 0 Å². The molecular formula is C45H90N2O9. The van der Waals surface area contributed by atoms with Gasteiger partial charge in [-0.15, -0.1) is 0 Å². The highest BCUT2D eigenvalue weighted by molar-refractivity contribution is 5.82. The first-order valence-corrected chi connectivity index (χ1v) is 23.4. The van der Waals surface area contributed by atoms with E-state index in [4.69, 9.17) is 9.47 Å². The molecule has 1 amide bonds. The number of amides is 1. The van der Waals surface area contributed by atoms with E-state index in [0.29, 0.717) is 12.8 Å². The summed E-state index contributed by atoms with van der Waals surface area (Å²) in [7, 11) is 0. The minimum absolute atomic E-state index is 0.281. The van der Waals surface area contributed by atoms with Crippen molar-refractivity contribution < 1.29 is 44.9 Å². The van der Waals surface area contributed by atoms with E-state index in [1.807, 2.05) is 0 Å². The smallest absolute Gasteiger partial charge is 0.239 e. The molecule has 11 heteroatoms. The minimum atomic E-state index is -1.95. The molecule has 0 bridgehead atoms. The summed E-state index contributed by atoms with van der Waals surface area (Å²) in [5.74, 6) is -0.340. The van der Waals surface area contributed by atoms with Crippen LogP contribution in [-0.2, 0) is 14.3 Å². The molecule has 0 saturated carbocycles.